The Balaban J connectivity index is 1.59. The molecule has 3 aromatic carbocycles. The summed E-state index contributed by atoms with van der Waals surface area (Å²) >= 11 is 7.61. The molecule has 0 radical (unpaired) electrons. The average molecular weight is 467 g/mol. The van der Waals surface area contributed by atoms with E-state index < -0.39 is 4.87 Å². The van der Waals surface area contributed by atoms with E-state index in [0.29, 0.717) is 29.4 Å². The van der Waals surface area contributed by atoms with Crippen molar-refractivity contribution in [3.05, 3.63) is 99.8 Å². The van der Waals surface area contributed by atoms with Crippen LogP contribution in [0.25, 0.3) is 0 Å². The van der Waals surface area contributed by atoms with Gasteiger partial charge in [0, 0.05) is 28.4 Å². The highest BCUT2D eigenvalue weighted by Crippen LogP contribution is 2.55. The number of rotatable bonds is 3. The van der Waals surface area contributed by atoms with Crippen molar-refractivity contribution >= 4 is 40.9 Å². The molecule has 1 spiro atoms. The first-order chi connectivity index (χ1) is 15.4. The van der Waals surface area contributed by atoms with Gasteiger partial charge in [0.05, 0.1) is 12.2 Å². The summed E-state index contributed by atoms with van der Waals surface area (Å²) in [5.74, 6) is -0.0450. The fourth-order valence-corrected chi connectivity index (χ4v) is 6.08. The van der Waals surface area contributed by atoms with Crippen molar-refractivity contribution in [2.24, 2.45) is 0 Å². The number of thioether (sulfide) groups is 1. The van der Waals surface area contributed by atoms with Gasteiger partial charge in [0.25, 0.3) is 11.8 Å². The normalized spacial score (nSPS) is 19.7. The van der Waals surface area contributed by atoms with Crippen molar-refractivity contribution in [2.45, 2.75) is 18.3 Å². The van der Waals surface area contributed by atoms with Crippen LogP contribution in [0.4, 0.5) is 10.1 Å². The SMILES string of the molecule is Cc1ccc2c(c1)[C@@]1(SCCN1C(=O)c1cccc(Cl)c1)C(=O)N2Cc1ccc(F)cc1. The third-order valence-electron chi connectivity index (χ3n) is 5.92. The predicted octanol–water partition coefficient (Wildman–Crippen LogP) is 5.38. The maximum atomic E-state index is 14.0. The van der Waals surface area contributed by atoms with Crippen LogP contribution in [0.2, 0.25) is 5.02 Å². The maximum Gasteiger partial charge on any atom is 0.268 e. The molecule has 0 unspecified atom stereocenters. The van der Waals surface area contributed by atoms with Crippen LogP contribution in [0.5, 0.6) is 0 Å². The molecule has 1 saturated heterocycles. The Morgan fingerprint density at radius 2 is 1.91 bits per heavy atom. The second-order valence-electron chi connectivity index (χ2n) is 8.00. The van der Waals surface area contributed by atoms with Crippen molar-refractivity contribution in [2.75, 3.05) is 17.2 Å². The zero-order valence-corrected chi connectivity index (χ0v) is 18.9. The van der Waals surface area contributed by atoms with E-state index in [9.17, 15) is 14.0 Å². The van der Waals surface area contributed by atoms with Gasteiger partial charge in [-0.25, -0.2) is 4.39 Å². The minimum absolute atomic E-state index is 0.152. The number of nitrogens with zero attached hydrogens (tertiary/aromatic N) is 2. The van der Waals surface area contributed by atoms with E-state index in [1.807, 2.05) is 25.1 Å². The molecule has 3 aromatic rings. The van der Waals surface area contributed by atoms with Gasteiger partial charge in [-0.3, -0.25) is 9.59 Å². The van der Waals surface area contributed by atoms with Crippen molar-refractivity contribution in [1.29, 1.82) is 0 Å². The molecule has 5 rings (SSSR count). The molecule has 0 bridgehead atoms. The first-order valence-electron chi connectivity index (χ1n) is 10.3. The quantitative estimate of drug-likeness (QED) is 0.520. The Hall–Kier alpha value is -2.83. The van der Waals surface area contributed by atoms with Crippen LogP contribution < -0.4 is 4.90 Å². The van der Waals surface area contributed by atoms with Gasteiger partial charge < -0.3 is 9.80 Å². The highest BCUT2D eigenvalue weighted by atomic mass is 35.5. The Kier molecular flexibility index (Phi) is 5.22. The zero-order chi connectivity index (χ0) is 22.5. The molecule has 7 heteroatoms. The highest BCUT2D eigenvalue weighted by molar-refractivity contribution is 8.01. The molecule has 162 valence electrons. The van der Waals surface area contributed by atoms with Crippen LogP contribution in [-0.2, 0) is 16.2 Å². The van der Waals surface area contributed by atoms with Crippen LogP contribution in [0.15, 0.2) is 66.7 Å². The molecule has 1 atom stereocenters. The maximum absolute atomic E-state index is 14.0. The number of aryl methyl sites for hydroxylation is 1. The van der Waals surface area contributed by atoms with E-state index in [2.05, 4.69) is 0 Å². The Labute approximate surface area is 195 Å². The third-order valence-corrected chi connectivity index (χ3v) is 7.57. The number of hydrogen-bond acceptors (Lipinski definition) is 3. The average Bonchev–Trinajstić information content (AvgIpc) is 3.32. The number of anilines is 1. The summed E-state index contributed by atoms with van der Waals surface area (Å²) in [6.07, 6.45) is 0. The molecule has 0 aliphatic carbocycles. The Bertz CT molecular complexity index is 1230. The number of fused-ring (bicyclic) bond motifs is 2. The first kappa shape index (κ1) is 21.0. The molecule has 32 heavy (non-hydrogen) atoms. The summed E-state index contributed by atoms with van der Waals surface area (Å²) in [6, 6.07) is 18.8. The smallest absolute Gasteiger partial charge is 0.268 e. The second kappa shape index (κ2) is 7.94. The van der Waals surface area contributed by atoms with Crippen molar-refractivity contribution in [3.8, 4) is 0 Å². The summed E-state index contributed by atoms with van der Waals surface area (Å²) in [5, 5.41) is 0.476. The number of carbonyl (C=O) groups excluding carboxylic acids is 2. The lowest BCUT2D eigenvalue weighted by Crippen LogP contribution is -2.50. The van der Waals surface area contributed by atoms with Gasteiger partial charge in [-0.05, 0) is 48.9 Å². The summed E-state index contributed by atoms with van der Waals surface area (Å²) in [7, 11) is 0. The number of hydrogen-bond donors (Lipinski definition) is 0. The number of benzene rings is 3. The summed E-state index contributed by atoms with van der Waals surface area (Å²) in [4.78, 5) is 29.8. The van der Waals surface area contributed by atoms with Crippen LogP contribution in [0, 0.1) is 12.7 Å². The standard InChI is InChI=1S/C25H20ClFN2O2S/c1-16-5-10-22-21(13-16)25(24(31)28(22)15-17-6-8-20(27)9-7-17)29(11-12-32-25)23(30)18-3-2-4-19(26)14-18/h2-10,13-14H,11-12,15H2,1H3/t25-/m1/s1. The van der Waals surface area contributed by atoms with Crippen LogP contribution >= 0.6 is 23.4 Å². The van der Waals surface area contributed by atoms with Crippen LogP contribution in [0.1, 0.15) is 27.0 Å². The van der Waals surface area contributed by atoms with Gasteiger partial charge in [-0.2, -0.15) is 0 Å². The lowest BCUT2D eigenvalue weighted by molar-refractivity contribution is -0.123. The fraction of sp³-hybridized carbons (Fsp3) is 0.200. The van der Waals surface area contributed by atoms with Crippen LogP contribution in [0.3, 0.4) is 0 Å². The second-order valence-corrected chi connectivity index (χ2v) is 9.72. The molecule has 2 aliphatic heterocycles. The monoisotopic (exact) mass is 466 g/mol. The molecular weight excluding hydrogens is 447 g/mol. The Morgan fingerprint density at radius 3 is 2.66 bits per heavy atom. The molecule has 0 N–H and O–H groups in total. The fourth-order valence-electron chi connectivity index (χ4n) is 4.44. The Morgan fingerprint density at radius 1 is 1.12 bits per heavy atom. The predicted molar refractivity (Wildman–Crippen MR) is 125 cm³/mol. The summed E-state index contributed by atoms with van der Waals surface area (Å²) < 4.78 is 13.4. The number of carbonyl (C=O) groups is 2. The number of halogens is 2. The number of amides is 2. The largest absolute Gasteiger partial charge is 0.311 e. The minimum atomic E-state index is -1.12. The molecule has 0 saturated carbocycles. The van der Waals surface area contributed by atoms with Gasteiger partial charge in [0.15, 0.2) is 4.87 Å². The molecular formula is C25H20ClFN2O2S. The van der Waals surface area contributed by atoms with Crippen LogP contribution in [-0.4, -0.2) is 29.0 Å². The lowest BCUT2D eigenvalue weighted by atomic mass is 10.0. The topological polar surface area (TPSA) is 40.6 Å². The van der Waals surface area contributed by atoms with E-state index in [4.69, 9.17) is 11.6 Å². The van der Waals surface area contributed by atoms with E-state index in [1.54, 1.807) is 46.2 Å². The van der Waals surface area contributed by atoms with Gasteiger partial charge in [-0.1, -0.05) is 47.5 Å². The zero-order valence-electron chi connectivity index (χ0n) is 17.3. The molecule has 2 aliphatic rings. The van der Waals surface area contributed by atoms with E-state index in [0.717, 1.165) is 22.4 Å². The lowest BCUT2D eigenvalue weighted by Gasteiger charge is -2.33. The van der Waals surface area contributed by atoms with Gasteiger partial charge in [-0.15, -0.1) is 11.8 Å². The highest BCUT2D eigenvalue weighted by Gasteiger charge is 2.59. The van der Waals surface area contributed by atoms with Crippen molar-refractivity contribution < 1.29 is 14.0 Å². The van der Waals surface area contributed by atoms with E-state index >= 15 is 0 Å². The molecule has 1 fully saturated rings. The van der Waals surface area contributed by atoms with Gasteiger partial charge >= 0.3 is 0 Å². The molecule has 2 heterocycles. The molecule has 4 nitrogen and oxygen atoms in total. The van der Waals surface area contributed by atoms with Crippen molar-refractivity contribution in [1.82, 2.24) is 4.90 Å². The summed E-state index contributed by atoms with van der Waals surface area (Å²) in [6.45, 7) is 2.74. The van der Waals surface area contributed by atoms with E-state index in [1.165, 1.54) is 23.9 Å². The first-order valence-corrected chi connectivity index (χ1v) is 11.7. The minimum Gasteiger partial charge on any atom is -0.311 e. The third kappa shape index (κ3) is 3.29. The van der Waals surface area contributed by atoms with Crippen molar-refractivity contribution in [3.63, 3.8) is 0 Å². The molecule has 2 amide bonds. The molecule has 0 aromatic heterocycles. The van der Waals surface area contributed by atoms with Gasteiger partial charge in [0.1, 0.15) is 5.82 Å². The summed E-state index contributed by atoms with van der Waals surface area (Å²) in [5.41, 5.74) is 3.89. The van der Waals surface area contributed by atoms with E-state index in [-0.39, 0.29) is 17.6 Å². The van der Waals surface area contributed by atoms with Gasteiger partial charge in [0.2, 0.25) is 0 Å².